The van der Waals surface area contributed by atoms with E-state index in [4.69, 9.17) is 0 Å². The maximum Gasteiger partial charge on any atom is 0.366 e. The van der Waals surface area contributed by atoms with Crippen LogP contribution >= 0.6 is 0 Å². The average Bonchev–Trinajstić information content (AvgIpc) is 2.47. The van der Waals surface area contributed by atoms with Gasteiger partial charge in [-0.2, -0.15) is 8.42 Å². The Bertz CT molecular complexity index is 837. The van der Waals surface area contributed by atoms with Gasteiger partial charge in [0, 0.05) is 11.6 Å². The molecule has 2 rings (SSSR count). The van der Waals surface area contributed by atoms with Crippen LogP contribution in [-0.4, -0.2) is 32.6 Å². The number of carbonyl (C=O) groups excluding carboxylic acids is 1. The Hall–Kier alpha value is -2.19. The molecule has 20 heavy (non-hydrogen) atoms. The van der Waals surface area contributed by atoms with Crippen LogP contribution in [0.3, 0.4) is 0 Å². The number of esters is 1. The van der Waals surface area contributed by atoms with Crippen molar-refractivity contribution >= 4 is 27.2 Å². The third-order valence-electron chi connectivity index (χ3n) is 2.73. The maximum absolute atomic E-state index is 12.1. The monoisotopic (exact) mass is 297 g/mol. The number of aromatic nitrogens is 1. The number of fused-ring (bicyclic) bond motifs is 1. The summed E-state index contributed by atoms with van der Waals surface area (Å²) < 4.78 is 33.4. The van der Waals surface area contributed by atoms with E-state index in [0.29, 0.717) is 0 Å². The molecule has 8 heteroatoms. The first-order chi connectivity index (χ1) is 9.42. The first-order valence-corrected chi connectivity index (χ1v) is 6.82. The van der Waals surface area contributed by atoms with Gasteiger partial charge in [0.1, 0.15) is 5.56 Å². The molecule has 0 saturated carbocycles. The minimum atomic E-state index is -4.14. The van der Waals surface area contributed by atoms with Gasteiger partial charge in [0.25, 0.3) is 0 Å². The van der Waals surface area contributed by atoms with Crippen molar-refractivity contribution < 1.29 is 22.1 Å². The van der Waals surface area contributed by atoms with Crippen molar-refractivity contribution in [1.82, 2.24) is 3.97 Å². The molecule has 0 aliphatic rings. The van der Waals surface area contributed by atoms with Gasteiger partial charge in [-0.05, 0) is 12.1 Å². The van der Waals surface area contributed by atoms with Gasteiger partial charge in [0.2, 0.25) is 5.43 Å². The normalized spacial score (nSPS) is 11.5. The fourth-order valence-electron chi connectivity index (χ4n) is 1.77. The number of ether oxygens (including phenoxy) is 1. The minimum Gasteiger partial charge on any atom is -0.465 e. The van der Waals surface area contributed by atoms with Crippen LogP contribution in [0.2, 0.25) is 0 Å². The number of hydrogen-bond acceptors (Lipinski definition) is 6. The highest BCUT2D eigenvalue weighted by atomic mass is 32.2. The van der Waals surface area contributed by atoms with Crippen molar-refractivity contribution in [2.45, 2.75) is 0 Å². The molecule has 1 aromatic carbocycles. The minimum absolute atomic E-state index is 0.0797. The second kappa shape index (κ2) is 5.06. The van der Waals surface area contributed by atoms with E-state index in [1.165, 1.54) is 12.1 Å². The molecule has 0 fully saturated rings. The molecule has 7 nitrogen and oxygen atoms in total. The van der Waals surface area contributed by atoms with Gasteiger partial charge >= 0.3 is 16.3 Å². The zero-order chi connectivity index (χ0) is 14.9. The molecule has 0 aliphatic heterocycles. The van der Waals surface area contributed by atoms with E-state index in [9.17, 15) is 18.0 Å². The third-order valence-corrected chi connectivity index (χ3v) is 3.94. The van der Waals surface area contributed by atoms with Gasteiger partial charge in [-0.3, -0.25) is 8.98 Å². The quantitative estimate of drug-likeness (QED) is 0.767. The van der Waals surface area contributed by atoms with E-state index in [2.05, 4.69) is 8.92 Å². The summed E-state index contributed by atoms with van der Waals surface area (Å²) in [4.78, 5) is 23.7. The van der Waals surface area contributed by atoms with Gasteiger partial charge in [0.15, 0.2) is 0 Å². The Balaban J connectivity index is 2.98. The third kappa shape index (κ3) is 2.19. The van der Waals surface area contributed by atoms with Crippen molar-refractivity contribution in [2.24, 2.45) is 0 Å². The predicted molar refractivity (Wildman–Crippen MR) is 70.9 cm³/mol. The molecule has 0 bridgehead atoms. The van der Waals surface area contributed by atoms with Crippen LogP contribution in [0.4, 0.5) is 0 Å². The predicted octanol–water partition coefficient (Wildman–Crippen LogP) is 0.527. The van der Waals surface area contributed by atoms with Crippen molar-refractivity contribution in [1.29, 1.82) is 0 Å². The lowest BCUT2D eigenvalue weighted by molar-refractivity contribution is 0.0599. The Morgan fingerprint density at radius 3 is 2.45 bits per heavy atom. The van der Waals surface area contributed by atoms with Crippen LogP contribution in [0, 0.1) is 0 Å². The number of para-hydroxylation sites is 1. The second-order valence-electron chi connectivity index (χ2n) is 3.80. The number of pyridine rings is 1. The summed E-state index contributed by atoms with van der Waals surface area (Å²) in [5.74, 6) is -0.916. The summed E-state index contributed by atoms with van der Waals surface area (Å²) in [6, 6.07) is 6.00. The summed E-state index contributed by atoms with van der Waals surface area (Å²) in [6.07, 6.45) is 0.898. The van der Waals surface area contributed by atoms with E-state index in [1.807, 2.05) is 0 Å². The lowest BCUT2D eigenvalue weighted by Crippen LogP contribution is -2.24. The van der Waals surface area contributed by atoms with Crippen LogP contribution in [0.15, 0.2) is 35.3 Å². The molecular weight excluding hydrogens is 286 g/mol. The number of carbonyl (C=O) groups is 1. The second-order valence-corrected chi connectivity index (χ2v) is 5.38. The van der Waals surface area contributed by atoms with Gasteiger partial charge in [-0.15, -0.1) is 0 Å². The number of benzene rings is 1. The molecule has 1 heterocycles. The van der Waals surface area contributed by atoms with E-state index < -0.39 is 21.7 Å². The molecule has 0 N–H and O–H groups in total. The van der Waals surface area contributed by atoms with Crippen LogP contribution in [-0.2, 0) is 19.2 Å². The van der Waals surface area contributed by atoms with Crippen LogP contribution in [0.1, 0.15) is 10.4 Å². The topological polar surface area (TPSA) is 91.7 Å². The smallest absolute Gasteiger partial charge is 0.366 e. The Morgan fingerprint density at radius 2 is 1.85 bits per heavy atom. The van der Waals surface area contributed by atoms with Crippen molar-refractivity contribution in [3.63, 3.8) is 0 Å². The highest BCUT2D eigenvalue weighted by molar-refractivity contribution is 7.85. The maximum atomic E-state index is 12.1. The molecule has 1 aromatic heterocycles. The molecule has 106 valence electrons. The lowest BCUT2D eigenvalue weighted by Gasteiger charge is -2.11. The summed E-state index contributed by atoms with van der Waals surface area (Å²) in [6.45, 7) is 0. The first-order valence-electron chi connectivity index (χ1n) is 5.46. The highest BCUT2D eigenvalue weighted by Gasteiger charge is 2.21. The molecule has 0 aliphatic carbocycles. The molecular formula is C12H11NO6S. The van der Waals surface area contributed by atoms with E-state index in [-0.39, 0.29) is 16.5 Å². The molecule has 0 atom stereocenters. The average molecular weight is 297 g/mol. The van der Waals surface area contributed by atoms with Crippen LogP contribution in [0.25, 0.3) is 10.9 Å². The molecule has 0 amide bonds. The summed E-state index contributed by atoms with van der Waals surface area (Å²) in [7, 11) is -2.05. The summed E-state index contributed by atoms with van der Waals surface area (Å²) >= 11 is 0. The first kappa shape index (κ1) is 14.2. The number of rotatable bonds is 3. The Morgan fingerprint density at radius 1 is 1.20 bits per heavy atom. The SMILES string of the molecule is COC(=O)c1cn(S(=O)(=O)OC)c2ccccc2c1=O. The molecule has 2 aromatic rings. The molecule has 0 spiro atoms. The van der Waals surface area contributed by atoms with Gasteiger partial charge in [-0.25, -0.2) is 8.77 Å². The number of methoxy groups -OCH3 is 1. The summed E-state index contributed by atoms with van der Waals surface area (Å²) in [5.41, 5.74) is -0.867. The van der Waals surface area contributed by atoms with E-state index in [0.717, 1.165) is 24.4 Å². The molecule has 0 saturated heterocycles. The number of hydrogen-bond donors (Lipinski definition) is 0. The fourth-order valence-corrected chi connectivity index (χ4v) is 2.56. The van der Waals surface area contributed by atoms with Gasteiger partial charge in [-0.1, -0.05) is 12.1 Å². The molecule has 0 radical (unpaired) electrons. The zero-order valence-electron chi connectivity index (χ0n) is 10.7. The van der Waals surface area contributed by atoms with E-state index in [1.54, 1.807) is 12.1 Å². The van der Waals surface area contributed by atoms with Gasteiger partial charge < -0.3 is 4.74 Å². The highest BCUT2D eigenvalue weighted by Crippen LogP contribution is 2.15. The van der Waals surface area contributed by atoms with Crippen LogP contribution < -0.4 is 5.43 Å². The molecule has 0 unspecified atom stereocenters. The van der Waals surface area contributed by atoms with E-state index >= 15 is 0 Å². The van der Waals surface area contributed by atoms with Crippen LogP contribution in [0.5, 0.6) is 0 Å². The van der Waals surface area contributed by atoms with Crippen molar-refractivity contribution in [3.05, 3.63) is 46.2 Å². The largest absolute Gasteiger partial charge is 0.465 e. The number of nitrogens with zero attached hydrogens (tertiary/aromatic N) is 1. The summed E-state index contributed by atoms with van der Waals surface area (Å²) in [5, 5.41) is 0.0797. The van der Waals surface area contributed by atoms with Gasteiger partial charge in [0.05, 0.1) is 19.7 Å². The standard InChI is InChI=1S/C12H11NO6S/c1-18-12(15)9-7-13(20(16,17)19-2)10-6-4-3-5-8(10)11(9)14/h3-7H,1-2H3. The fraction of sp³-hybridized carbons (Fsp3) is 0.167. The Labute approximate surface area is 114 Å². The lowest BCUT2D eigenvalue weighted by atomic mass is 10.1. The van der Waals surface area contributed by atoms with Crippen molar-refractivity contribution in [3.8, 4) is 0 Å². The Kier molecular flexibility index (Phi) is 3.60. The zero-order valence-corrected chi connectivity index (χ0v) is 11.5. The van der Waals surface area contributed by atoms with Crippen molar-refractivity contribution in [2.75, 3.05) is 14.2 Å².